The molecule has 1 aromatic rings. The van der Waals surface area contributed by atoms with E-state index in [1.165, 1.54) is 18.4 Å². The lowest BCUT2D eigenvalue weighted by molar-refractivity contribution is 0.0123. The molecule has 0 N–H and O–H groups in total. The molecule has 1 saturated heterocycles. The zero-order chi connectivity index (χ0) is 14.1. The van der Waals surface area contributed by atoms with Crippen LogP contribution in [0.15, 0.2) is 24.3 Å². The number of ether oxygens (including phenoxy) is 1. The van der Waals surface area contributed by atoms with Crippen molar-refractivity contribution in [1.82, 2.24) is 4.90 Å². The van der Waals surface area contributed by atoms with Crippen LogP contribution in [0.2, 0.25) is 0 Å². The van der Waals surface area contributed by atoms with E-state index in [0.29, 0.717) is 24.0 Å². The smallest absolute Gasteiger partial charge is 0.123 e. The number of likely N-dealkylation sites (tertiary alicyclic amines) is 1. The van der Waals surface area contributed by atoms with Crippen molar-refractivity contribution in [3.05, 3.63) is 35.6 Å². The molecule has 3 atom stereocenters. The average molecular weight is 277 g/mol. The third kappa shape index (κ3) is 2.89. The second kappa shape index (κ2) is 5.82. The van der Waals surface area contributed by atoms with Crippen molar-refractivity contribution in [2.75, 3.05) is 13.2 Å². The Bertz CT molecular complexity index is 445. The van der Waals surface area contributed by atoms with Crippen molar-refractivity contribution < 1.29 is 9.13 Å². The van der Waals surface area contributed by atoms with Crippen LogP contribution >= 0.6 is 0 Å². The molecule has 1 saturated carbocycles. The van der Waals surface area contributed by atoms with Crippen LogP contribution < -0.4 is 0 Å². The zero-order valence-corrected chi connectivity index (χ0v) is 12.4. The lowest BCUT2D eigenvalue weighted by Gasteiger charge is -2.27. The predicted molar refractivity (Wildman–Crippen MR) is 77.9 cm³/mol. The molecule has 0 aromatic heterocycles. The summed E-state index contributed by atoms with van der Waals surface area (Å²) in [5.41, 5.74) is 1.20. The van der Waals surface area contributed by atoms with Crippen molar-refractivity contribution in [2.24, 2.45) is 11.8 Å². The van der Waals surface area contributed by atoms with Crippen LogP contribution in [0.5, 0.6) is 0 Å². The summed E-state index contributed by atoms with van der Waals surface area (Å²) < 4.78 is 19.1. The summed E-state index contributed by atoms with van der Waals surface area (Å²) in [4.78, 5) is 2.52. The topological polar surface area (TPSA) is 12.5 Å². The monoisotopic (exact) mass is 277 g/mol. The molecule has 110 valence electrons. The molecule has 1 heterocycles. The Hall–Kier alpha value is -0.930. The summed E-state index contributed by atoms with van der Waals surface area (Å²) in [6.07, 6.45) is 2.96. The van der Waals surface area contributed by atoms with Crippen LogP contribution in [0.3, 0.4) is 0 Å². The van der Waals surface area contributed by atoms with Crippen molar-refractivity contribution >= 4 is 0 Å². The molecule has 1 aromatic carbocycles. The van der Waals surface area contributed by atoms with Gasteiger partial charge in [0.15, 0.2) is 0 Å². The molecule has 3 heteroatoms. The fourth-order valence-electron chi connectivity index (χ4n) is 3.61. The molecule has 0 radical (unpaired) electrons. The Kier molecular flexibility index (Phi) is 4.08. The molecule has 0 spiro atoms. The lowest BCUT2D eigenvalue weighted by Crippen LogP contribution is -2.35. The minimum absolute atomic E-state index is 0.158. The summed E-state index contributed by atoms with van der Waals surface area (Å²) in [6.45, 7) is 7.32. The second-order valence-corrected chi connectivity index (χ2v) is 6.65. The highest BCUT2D eigenvalue weighted by Crippen LogP contribution is 2.40. The standard InChI is InChI=1S/C17H24FNO/c1-12(2)11-20-17-14-5-8-16(17)19(10-14)9-13-3-6-15(18)7-4-13/h3-4,6-7,12,14,16-17H,5,8-11H2,1-2H3/t14-,16+,17+/m0/s1. The van der Waals surface area contributed by atoms with E-state index in [2.05, 4.69) is 18.7 Å². The quantitative estimate of drug-likeness (QED) is 0.817. The number of fused-ring (bicyclic) bond motifs is 2. The molecule has 1 aliphatic heterocycles. The Morgan fingerprint density at radius 2 is 2.00 bits per heavy atom. The second-order valence-electron chi connectivity index (χ2n) is 6.65. The highest BCUT2D eigenvalue weighted by atomic mass is 19.1. The largest absolute Gasteiger partial charge is 0.376 e. The Morgan fingerprint density at radius 3 is 2.70 bits per heavy atom. The van der Waals surface area contributed by atoms with E-state index >= 15 is 0 Å². The first-order valence-corrected chi connectivity index (χ1v) is 7.73. The van der Waals surface area contributed by atoms with Gasteiger partial charge < -0.3 is 4.74 Å². The van der Waals surface area contributed by atoms with Crippen LogP contribution in [0.4, 0.5) is 4.39 Å². The predicted octanol–water partition coefficient (Wildman–Crippen LogP) is 3.46. The van der Waals surface area contributed by atoms with E-state index < -0.39 is 0 Å². The summed E-state index contributed by atoms with van der Waals surface area (Å²) in [5, 5.41) is 0. The minimum atomic E-state index is -0.158. The van der Waals surface area contributed by atoms with Gasteiger partial charge in [0.05, 0.1) is 6.10 Å². The number of benzene rings is 1. The van der Waals surface area contributed by atoms with Gasteiger partial charge in [-0.05, 0) is 42.4 Å². The van der Waals surface area contributed by atoms with Gasteiger partial charge in [0, 0.05) is 25.7 Å². The molecule has 20 heavy (non-hydrogen) atoms. The van der Waals surface area contributed by atoms with Crippen molar-refractivity contribution in [3.63, 3.8) is 0 Å². The normalized spacial score (nSPS) is 29.5. The Balaban J connectivity index is 1.61. The summed E-state index contributed by atoms with van der Waals surface area (Å²) in [7, 11) is 0. The maximum Gasteiger partial charge on any atom is 0.123 e. The first-order valence-electron chi connectivity index (χ1n) is 7.73. The third-order valence-corrected chi connectivity index (χ3v) is 4.54. The maximum atomic E-state index is 13.0. The van der Waals surface area contributed by atoms with Crippen molar-refractivity contribution in [2.45, 2.75) is 45.4 Å². The van der Waals surface area contributed by atoms with E-state index in [4.69, 9.17) is 4.74 Å². The molecule has 0 unspecified atom stereocenters. The number of halogens is 1. The van der Waals surface area contributed by atoms with Crippen LogP contribution in [0, 0.1) is 17.7 Å². The van der Waals surface area contributed by atoms with E-state index in [-0.39, 0.29) is 5.82 Å². The highest BCUT2D eigenvalue weighted by molar-refractivity contribution is 5.17. The minimum Gasteiger partial charge on any atom is -0.376 e. The number of hydrogen-bond acceptors (Lipinski definition) is 2. The molecule has 3 rings (SSSR count). The fourth-order valence-corrected chi connectivity index (χ4v) is 3.61. The SMILES string of the molecule is CC(C)CO[C@@H]1[C@H]2CC[C@H]1N(Cc1ccc(F)cc1)C2. The third-order valence-electron chi connectivity index (χ3n) is 4.54. The van der Waals surface area contributed by atoms with Gasteiger partial charge >= 0.3 is 0 Å². The molecule has 2 nitrogen and oxygen atoms in total. The summed E-state index contributed by atoms with van der Waals surface area (Å²) in [5.74, 6) is 1.13. The first-order chi connectivity index (χ1) is 9.63. The molecule has 2 aliphatic rings. The van der Waals surface area contributed by atoms with Gasteiger partial charge in [0.1, 0.15) is 5.82 Å². The maximum absolute atomic E-state index is 13.0. The van der Waals surface area contributed by atoms with E-state index in [9.17, 15) is 4.39 Å². The Morgan fingerprint density at radius 1 is 1.25 bits per heavy atom. The molecule has 2 fully saturated rings. The average Bonchev–Trinajstić information content (AvgIpc) is 2.95. The highest BCUT2D eigenvalue weighted by Gasteiger charge is 2.47. The van der Waals surface area contributed by atoms with Crippen molar-refractivity contribution in [1.29, 1.82) is 0 Å². The lowest BCUT2D eigenvalue weighted by atomic mass is 10.1. The van der Waals surface area contributed by atoms with Gasteiger partial charge in [-0.3, -0.25) is 4.90 Å². The van der Waals surface area contributed by atoms with Gasteiger partial charge in [0.2, 0.25) is 0 Å². The van der Waals surface area contributed by atoms with Gasteiger partial charge in [0.25, 0.3) is 0 Å². The van der Waals surface area contributed by atoms with E-state index in [0.717, 1.165) is 19.7 Å². The zero-order valence-electron chi connectivity index (χ0n) is 12.4. The molecule has 1 aliphatic carbocycles. The molecule has 0 amide bonds. The number of hydrogen-bond donors (Lipinski definition) is 0. The van der Waals surface area contributed by atoms with Crippen molar-refractivity contribution in [3.8, 4) is 0 Å². The summed E-state index contributed by atoms with van der Waals surface area (Å²) in [6, 6.07) is 7.45. The van der Waals surface area contributed by atoms with Gasteiger partial charge in [-0.15, -0.1) is 0 Å². The van der Waals surface area contributed by atoms with Gasteiger partial charge in [-0.2, -0.15) is 0 Å². The number of rotatable bonds is 5. The Labute approximate surface area is 120 Å². The molecular weight excluding hydrogens is 253 g/mol. The van der Waals surface area contributed by atoms with E-state index in [1.807, 2.05) is 12.1 Å². The van der Waals surface area contributed by atoms with Crippen LogP contribution in [-0.4, -0.2) is 30.2 Å². The number of piperidine rings is 1. The first kappa shape index (κ1) is 14.0. The van der Waals surface area contributed by atoms with E-state index in [1.54, 1.807) is 12.1 Å². The summed E-state index contributed by atoms with van der Waals surface area (Å²) >= 11 is 0. The fraction of sp³-hybridized carbons (Fsp3) is 0.647. The molecular formula is C17H24FNO. The number of nitrogens with zero attached hydrogens (tertiary/aromatic N) is 1. The van der Waals surface area contributed by atoms with Crippen LogP contribution in [0.25, 0.3) is 0 Å². The van der Waals surface area contributed by atoms with Crippen LogP contribution in [-0.2, 0) is 11.3 Å². The molecule has 2 bridgehead atoms. The van der Waals surface area contributed by atoms with Gasteiger partial charge in [-0.1, -0.05) is 26.0 Å². The van der Waals surface area contributed by atoms with Crippen LogP contribution in [0.1, 0.15) is 32.3 Å². The van der Waals surface area contributed by atoms with Gasteiger partial charge in [-0.25, -0.2) is 4.39 Å².